The molecule has 0 saturated heterocycles. The number of para-hydroxylation sites is 1. The van der Waals surface area contributed by atoms with Gasteiger partial charge in [0.1, 0.15) is 0 Å². The molecule has 0 unspecified atom stereocenters. The number of sulfonamides is 1. The summed E-state index contributed by atoms with van der Waals surface area (Å²) in [5.41, 5.74) is 1.06. The van der Waals surface area contributed by atoms with Crippen molar-refractivity contribution in [3.63, 3.8) is 0 Å². The summed E-state index contributed by atoms with van der Waals surface area (Å²) in [6.45, 7) is 0. The SMILES string of the molecule is COc1cccc2cc(C(=O)Nc3ccc(S(=O)(=O)Nc4ccc(Cl)cc4Cl)cc3)oc12. The van der Waals surface area contributed by atoms with E-state index in [9.17, 15) is 13.2 Å². The van der Waals surface area contributed by atoms with E-state index in [0.29, 0.717) is 22.0 Å². The van der Waals surface area contributed by atoms with Crippen molar-refractivity contribution >= 4 is 61.5 Å². The third-order valence-corrected chi connectivity index (χ3v) is 6.48. The molecule has 0 atom stereocenters. The molecule has 0 aliphatic heterocycles. The van der Waals surface area contributed by atoms with Gasteiger partial charge in [-0.1, -0.05) is 35.3 Å². The van der Waals surface area contributed by atoms with E-state index in [0.717, 1.165) is 5.39 Å². The number of fused-ring (bicyclic) bond motifs is 1. The van der Waals surface area contributed by atoms with E-state index >= 15 is 0 Å². The Morgan fingerprint density at radius 3 is 2.44 bits per heavy atom. The zero-order chi connectivity index (χ0) is 22.9. The molecule has 10 heteroatoms. The van der Waals surface area contributed by atoms with Gasteiger partial charge in [-0.25, -0.2) is 8.42 Å². The summed E-state index contributed by atoms with van der Waals surface area (Å²) in [7, 11) is -2.38. The second-order valence-corrected chi connectivity index (χ2v) is 9.22. The molecule has 1 amide bonds. The molecule has 1 heterocycles. The number of carbonyl (C=O) groups excluding carboxylic acids is 1. The molecule has 0 aliphatic carbocycles. The van der Waals surface area contributed by atoms with Gasteiger partial charge < -0.3 is 14.5 Å². The average Bonchev–Trinajstić information content (AvgIpc) is 3.21. The maximum Gasteiger partial charge on any atom is 0.291 e. The highest BCUT2D eigenvalue weighted by Gasteiger charge is 2.18. The van der Waals surface area contributed by atoms with Gasteiger partial charge in [0.25, 0.3) is 15.9 Å². The van der Waals surface area contributed by atoms with Crippen molar-refractivity contribution in [2.45, 2.75) is 4.90 Å². The first-order valence-corrected chi connectivity index (χ1v) is 11.5. The Morgan fingerprint density at radius 1 is 1.00 bits per heavy atom. The van der Waals surface area contributed by atoms with Crippen LogP contribution in [-0.2, 0) is 10.0 Å². The van der Waals surface area contributed by atoms with Crippen LogP contribution in [0.3, 0.4) is 0 Å². The monoisotopic (exact) mass is 490 g/mol. The summed E-state index contributed by atoms with van der Waals surface area (Å²) in [6, 6.07) is 17.0. The van der Waals surface area contributed by atoms with Gasteiger partial charge in [0.2, 0.25) is 0 Å². The Kier molecular flexibility index (Phi) is 6.01. The third kappa shape index (κ3) is 4.52. The first kappa shape index (κ1) is 22.0. The fourth-order valence-electron chi connectivity index (χ4n) is 3.00. The van der Waals surface area contributed by atoms with Gasteiger partial charge in [0, 0.05) is 16.1 Å². The van der Waals surface area contributed by atoms with Crippen molar-refractivity contribution in [2.24, 2.45) is 0 Å². The van der Waals surface area contributed by atoms with Gasteiger partial charge in [-0.05, 0) is 54.6 Å². The third-order valence-electron chi connectivity index (χ3n) is 4.55. The number of halogens is 2. The number of hydrogen-bond acceptors (Lipinski definition) is 5. The van der Waals surface area contributed by atoms with Crippen LogP contribution in [0.5, 0.6) is 5.75 Å². The number of anilines is 2. The van der Waals surface area contributed by atoms with E-state index in [2.05, 4.69) is 10.0 Å². The van der Waals surface area contributed by atoms with Crippen LogP contribution in [0.4, 0.5) is 11.4 Å². The zero-order valence-electron chi connectivity index (χ0n) is 16.6. The molecule has 0 saturated carbocycles. The summed E-state index contributed by atoms with van der Waals surface area (Å²) < 4.78 is 38.5. The molecular formula is C22H16Cl2N2O5S. The number of carbonyl (C=O) groups is 1. The van der Waals surface area contributed by atoms with Crippen LogP contribution in [0.15, 0.2) is 76.0 Å². The largest absolute Gasteiger partial charge is 0.493 e. The molecule has 2 N–H and O–H groups in total. The zero-order valence-corrected chi connectivity index (χ0v) is 18.9. The Balaban J connectivity index is 1.50. The summed E-state index contributed by atoms with van der Waals surface area (Å²) in [5.74, 6) is 0.134. The Bertz CT molecular complexity index is 1420. The van der Waals surface area contributed by atoms with Gasteiger partial charge in [-0.2, -0.15) is 0 Å². The number of furan rings is 1. The number of ether oxygens (including phenoxy) is 1. The van der Waals surface area contributed by atoms with Crippen molar-refractivity contribution in [1.29, 1.82) is 0 Å². The maximum atomic E-state index is 12.6. The standard InChI is InChI=1S/C22H16Cl2N2O5S/c1-30-19-4-2-3-13-11-20(31-21(13)19)22(27)25-15-6-8-16(9-7-15)32(28,29)26-18-10-5-14(23)12-17(18)24/h2-12,26H,1H3,(H,25,27). The highest BCUT2D eigenvalue weighted by Crippen LogP contribution is 2.30. The number of benzene rings is 3. The minimum absolute atomic E-state index is 0.00464. The van der Waals surface area contributed by atoms with Gasteiger partial charge in [-0.3, -0.25) is 9.52 Å². The lowest BCUT2D eigenvalue weighted by Gasteiger charge is -2.10. The molecule has 0 fully saturated rings. The van der Waals surface area contributed by atoms with Gasteiger partial charge in [0.15, 0.2) is 17.1 Å². The quantitative estimate of drug-likeness (QED) is 0.355. The molecule has 0 aliphatic rings. The smallest absolute Gasteiger partial charge is 0.291 e. The second-order valence-electron chi connectivity index (χ2n) is 6.70. The van der Waals surface area contributed by atoms with Gasteiger partial charge in [-0.15, -0.1) is 0 Å². The van der Waals surface area contributed by atoms with Crippen LogP contribution >= 0.6 is 23.2 Å². The van der Waals surface area contributed by atoms with Gasteiger partial charge >= 0.3 is 0 Å². The lowest BCUT2D eigenvalue weighted by Crippen LogP contribution is -2.14. The van der Waals surface area contributed by atoms with Crippen LogP contribution in [0.1, 0.15) is 10.6 Å². The van der Waals surface area contributed by atoms with E-state index in [4.69, 9.17) is 32.4 Å². The molecule has 164 valence electrons. The molecule has 0 radical (unpaired) electrons. The number of hydrogen-bond donors (Lipinski definition) is 2. The number of nitrogens with one attached hydrogen (secondary N) is 2. The summed E-state index contributed by atoms with van der Waals surface area (Å²) in [4.78, 5) is 12.6. The van der Waals surface area contributed by atoms with E-state index in [1.165, 1.54) is 49.6 Å². The van der Waals surface area contributed by atoms with Crippen LogP contribution in [0, 0.1) is 0 Å². The van der Waals surface area contributed by atoms with E-state index < -0.39 is 15.9 Å². The minimum Gasteiger partial charge on any atom is -0.493 e. The fourth-order valence-corrected chi connectivity index (χ4v) is 4.59. The molecule has 4 rings (SSSR count). The van der Waals surface area contributed by atoms with Crippen LogP contribution in [0.25, 0.3) is 11.0 Å². The highest BCUT2D eigenvalue weighted by molar-refractivity contribution is 7.92. The van der Waals surface area contributed by atoms with Crippen molar-refractivity contribution in [3.05, 3.63) is 82.5 Å². The lowest BCUT2D eigenvalue weighted by atomic mass is 10.2. The van der Waals surface area contributed by atoms with Crippen LogP contribution < -0.4 is 14.8 Å². The Labute approximate surface area is 193 Å². The van der Waals surface area contributed by atoms with Crippen LogP contribution in [0.2, 0.25) is 10.0 Å². The van der Waals surface area contributed by atoms with Crippen molar-refractivity contribution < 1.29 is 22.4 Å². The summed E-state index contributed by atoms with van der Waals surface area (Å²) >= 11 is 11.9. The van der Waals surface area contributed by atoms with E-state index in [1.807, 2.05) is 0 Å². The van der Waals surface area contributed by atoms with E-state index in [1.54, 1.807) is 24.3 Å². The van der Waals surface area contributed by atoms with Crippen LogP contribution in [-0.4, -0.2) is 21.4 Å². The van der Waals surface area contributed by atoms with Crippen molar-refractivity contribution in [2.75, 3.05) is 17.1 Å². The summed E-state index contributed by atoms with van der Waals surface area (Å²) in [5, 5.41) is 3.96. The number of amides is 1. The molecular weight excluding hydrogens is 475 g/mol. The summed E-state index contributed by atoms with van der Waals surface area (Å²) in [6.07, 6.45) is 0. The Morgan fingerprint density at radius 2 is 1.75 bits per heavy atom. The van der Waals surface area contributed by atoms with Gasteiger partial charge in [0.05, 0.1) is 22.7 Å². The topological polar surface area (TPSA) is 97.6 Å². The highest BCUT2D eigenvalue weighted by atomic mass is 35.5. The normalized spacial score (nSPS) is 11.3. The molecule has 7 nitrogen and oxygen atoms in total. The minimum atomic E-state index is -3.89. The molecule has 0 bridgehead atoms. The first-order chi connectivity index (χ1) is 15.3. The average molecular weight is 491 g/mol. The fraction of sp³-hybridized carbons (Fsp3) is 0.0455. The maximum absolute atomic E-state index is 12.6. The number of rotatable bonds is 6. The van der Waals surface area contributed by atoms with E-state index in [-0.39, 0.29) is 21.4 Å². The van der Waals surface area contributed by atoms with Crippen molar-refractivity contribution in [3.8, 4) is 5.75 Å². The molecule has 4 aromatic rings. The first-order valence-electron chi connectivity index (χ1n) is 9.23. The molecule has 1 aromatic heterocycles. The second kappa shape index (κ2) is 8.74. The van der Waals surface area contributed by atoms with Crippen molar-refractivity contribution in [1.82, 2.24) is 0 Å². The number of methoxy groups -OCH3 is 1. The molecule has 32 heavy (non-hydrogen) atoms. The lowest BCUT2D eigenvalue weighted by molar-refractivity contribution is 0.0998. The Hall–Kier alpha value is -3.20. The molecule has 3 aromatic carbocycles. The predicted molar refractivity (Wildman–Crippen MR) is 124 cm³/mol. The molecule has 0 spiro atoms. The predicted octanol–water partition coefficient (Wildman–Crippen LogP) is 5.80.